The van der Waals surface area contributed by atoms with Crippen molar-refractivity contribution in [3.63, 3.8) is 0 Å². The van der Waals surface area contributed by atoms with Gasteiger partial charge in [0, 0.05) is 22.8 Å². The molecule has 0 radical (unpaired) electrons. The Labute approximate surface area is 89.5 Å². The summed E-state index contributed by atoms with van der Waals surface area (Å²) in [6, 6.07) is 4.06. The number of fused-ring (bicyclic) bond motifs is 1. The fourth-order valence-electron chi connectivity index (χ4n) is 2.03. The molecule has 3 heteroatoms. The van der Waals surface area contributed by atoms with Gasteiger partial charge in [-0.1, -0.05) is 6.92 Å². The SMILES string of the molecule is CCc1cc(N)cc2c(CCN)c[nH]c12. The first-order valence-corrected chi connectivity index (χ1v) is 5.34. The van der Waals surface area contributed by atoms with Crippen LogP contribution in [-0.4, -0.2) is 11.5 Å². The molecule has 0 saturated heterocycles. The van der Waals surface area contributed by atoms with Gasteiger partial charge in [-0.3, -0.25) is 0 Å². The molecule has 0 aliphatic carbocycles. The van der Waals surface area contributed by atoms with E-state index in [1.807, 2.05) is 18.3 Å². The molecule has 0 fully saturated rings. The van der Waals surface area contributed by atoms with Crippen LogP contribution in [0.4, 0.5) is 5.69 Å². The molecule has 1 aromatic heterocycles. The van der Waals surface area contributed by atoms with E-state index in [1.165, 1.54) is 22.0 Å². The zero-order valence-corrected chi connectivity index (χ0v) is 9.01. The highest BCUT2D eigenvalue weighted by Gasteiger charge is 2.07. The number of hydrogen-bond acceptors (Lipinski definition) is 2. The summed E-state index contributed by atoms with van der Waals surface area (Å²) >= 11 is 0. The van der Waals surface area contributed by atoms with Gasteiger partial charge in [-0.25, -0.2) is 0 Å². The van der Waals surface area contributed by atoms with E-state index in [0.29, 0.717) is 6.54 Å². The monoisotopic (exact) mass is 203 g/mol. The number of nitrogens with two attached hydrogens (primary N) is 2. The van der Waals surface area contributed by atoms with E-state index < -0.39 is 0 Å². The summed E-state index contributed by atoms with van der Waals surface area (Å²) in [4.78, 5) is 3.31. The number of hydrogen-bond donors (Lipinski definition) is 3. The van der Waals surface area contributed by atoms with Gasteiger partial charge in [0.25, 0.3) is 0 Å². The molecule has 5 N–H and O–H groups in total. The van der Waals surface area contributed by atoms with Crippen LogP contribution in [0.3, 0.4) is 0 Å². The van der Waals surface area contributed by atoms with Crippen molar-refractivity contribution < 1.29 is 0 Å². The first-order valence-electron chi connectivity index (χ1n) is 5.34. The lowest BCUT2D eigenvalue weighted by Gasteiger charge is -2.03. The molecular formula is C12H17N3. The summed E-state index contributed by atoms with van der Waals surface area (Å²) in [6.45, 7) is 2.81. The highest BCUT2D eigenvalue weighted by atomic mass is 14.7. The van der Waals surface area contributed by atoms with Crippen molar-refractivity contribution in [1.29, 1.82) is 0 Å². The van der Waals surface area contributed by atoms with Crippen LogP contribution in [0.25, 0.3) is 10.9 Å². The number of nitrogen functional groups attached to an aromatic ring is 1. The van der Waals surface area contributed by atoms with Crippen LogP contribution < -0.4 is 11.5 Å². The molecule has 0 atom stereocenters. The number of aromatic nitrogens is 1. The Morgan fingerprint density at radius 3 is 2.73 bits per heavy atom. The van der Waals surface area contributed by atoms with Crippen LogP contribution in [0.15, 0.2) is 18.3 Å². The predicted octanol–water partition coefficient (Wildman–Crippen LogP) is 1.81. The molecule has 0 aliphatic rings. The maximum Gasteiger partial charge on any atom is 0.0490 e. The first kappa shape index (κ1) is 10.1. The van der Waals surface area contributed by atoms with Gasteiger partial charge in [-0.15, -0.1) is 0 Å². The lowest BCUT2D eigenvalue weighted by molar-refractivity contribution is 0.976. The third-order valence-electron chi connectivity index (χ3n) is 2.77. The molecule has 0 unspecified atom stereocenters. The highest BCUT2D eigenvalue weighted by molar-refractivity contribution is 5.89. The lowest BCUT2D eigenvalue weighted by atomic mass is 10.0. The van der Waals surface area contributed by atoms with Crippen LogP contribution in [0.1, 0.15) is 18.1 Å². The molecular weight excluding hydrogens is 186 g/mol. The van der Waals surface area contributed by atoms with Crippen LogP contribution in [0.5, 0.6) is 0 Å². The third kappa shape index (κ3) is 1.70. The maximum absolute atomic E-state index is 5.88. The number of aromatic amines is 1. The quantitative estimate of drug-likeness (QED) is 0.666. The first-order chi connectivity index (χ1) is 7.26. The molecule has 2 aromatic rings. The van der Waals surface area contributed by atoms with Gasteiger partial charge in [0.2, 0.25) is 0 Å². The largest absolute Gasteiger partial charge is 0.399 e. The molecule has 1 heterocycles. The average Bonchev–Trinajstić information content (AvgIpc) is 2.61. The summed E-state index contributed by atoms with van der Waals surface area (Å²) < 4.78 is 0. The molecule has 15 heavy (non-hydrogen) atoms. The van der Waals surface area contributed by atoms with Crippen molar-refractivity contribution in [3.05, 3.63) is 29.5 Å². The van der Waals surface area contributed by atoms with E-state index in [4.69, 9.17) is 11.5 Å². The van der Waals surface area contributed by atoms with Crippen molar-refractivity contribution in [3.8, 4) is 0 Å². The van der Waals surface area contributed by atoms with E-state index in [1.54, 1.807) is 0 Å². The molecule has 0 saturated carbocycles. The predicted molar refractivity (Wildman–Crippen MR) is 64.8 cm³/mol. The van der Waals surface area contributed by atoms with Crippen molar-refractivity contribution in [2.24, 2.45) is 5.73 Å². The Morgan fingerprint density at radius 1 is 1.27 bits per heavy atom. The molecule has 0 spiro atoms. The summed E-state index contributed by atoms with van der Waals surface area (Å²) in [5.74, 6) is 0. The van der Waals surface area contributed by atoms with E-state index in [9.17, 15) is 0 Å². The second kappa shape index (κ2) is 3.95. The zero-order valence-electron chi connectivity index (χ0n) is 9.01. The number of aryl methyl sites for hydroxylation is 1. The Balaban J connectivity index is 2.64. The fraction of sp³-hybridized carbons (Fsp3) is 0.333. The second-order valence-corrected chi connectivity index (χ2v) is 3.81. The van der Waals surface area contributed by atoms with E-state index in [2.05, 4.69) is 11.9 Å². The van der Waals surface area contributed by atoms with Crippen LogP contribution in [-0.2, 0) is 12.8 Å². The van der Waals surface area contributed by atoms with E-state index in [0.717, 1.165) is 18.5 Å². The molecule has 0 aliphatic heterocycles. The standard InChI is InChI=1S/C12H17N3/c1-2-8-5-10(14)6-11-9(3-4-13)7-15-12(8)11/h5-7,15H,2-4,13-14H2,1H3. The maximum atomic E-state index is 5.88. The van der Waals surface area contributed by atoms with Gasteiger partial charge in [0.05, 0.1) is 0 Å². The molecule has 1 aromatic carbocycles. The summed E-state index contributed by atoms with van der Waals surface area (Å²) in [5.41, 5.74) is 16.0. The topological polar surface area (TPSA) is 67.8 Å². The molecule has 0 amide bonds. The minimum Gasteiger partial charge on any atom is -0.399 e. The second-order valence-electron chi connectivity index (χ2n) is 3.81. The smallest absolute Gasteiger partial charge is 0.0490 e. The van der Waals surface area contributed by atoms with Crippen LogP contribution in [0, 0.1) is 0 Å². The van der Waals surface area contributed by atoms with Crippen LogP contribution in [0.2, 0.25) is 0 Å². The minimum atomic E-state index is 0.670. The number of benzene rings is 1. The third-order valence-corrected chi connectivity index (χ3v) is 2.77. The Morgan fingerprint density at radius 2 is 2.07 bits per heavy atom. The number of anilines is 1. The van der Waals surface area contributed by atoms with Crippen molar-refractivity contribution in [1.82, 2.24) is 4.98 Å². The minimum absolute atomic E-state index is 0.670. The number of rotatable bonds is 3. The van der Waals surface area contributed by atoms with Gasteiger partial charge < -0.3 is 16.5 Å². The molecule has 80 valence electrons. The Bertz CT molecular complexity index is 471. The van der Waals surface area contributed by atoms with Gasteiger partial charge in [0.1, 0.15) is 0 Å². The molecule has 2 rings (SSSR count). The van der Waals surface area contributed by atoms with Gasteiger partial charge in [-0.2, -0.15) is 0 Å². The van der Waals surface area contributed by atoms with Gasteiger partial charge in [0.15, 0.2) is 0 Å². The van der Waals surface area contributed by atoms with Gasteiger partial charge in [-0.05, 0) is 42.6 Å². The summed E-state index contributed by atoms with van der Waals surface area (Å²) in [7, 11) is 0. The number of H-pyrrole nitrogens is 1. The Hall–Kier alpha value is -1.48. The van der Waals surface area contributed by atoms with Gasteiger partial charge >= 0.3 is 0 Å². The summed E-state index contributed by atoms with van der Waals surface area (Å²) in [6.07, 6.45) is 3.92. The fourth-order valence-corrected chi connectivity index (χ4v) is 2.03. The zero-order chi connectivity index (χ0) is 10.8. The molecule has 3 nitrogen and oxygen atoms in total. The normalized spacial score (nSPS) is 11.1. The van der Waals surface area contributed by atoms with Crippen molar-refractivity contribution in [2.75, 3.05) is 12.3 Å². The highest BCUT2D eigenvalue weighted by Crippen LogP contribution is 2.25. The van der Waals surface area contributed by atoms with E-state index in [-0.39, 0.29) is 0 Å². The van der Waals surface area contributed by atoms with E-state index >= 15 is 0 Å². The Kier molecular flexibility index (Phi) is 2.64. The summed E-state index contributed by atoms with van der Waals surface area (Å²) in [5, 5.41) is 1.22. The van der Waals surface area contributed by atoms with Crippen molar-refractivity contribution in [2.45, 2.75) is 19.8 Å². The van der Waals surface area contributed by atoms with Crippen LogP contribution >= 0.6 is 0 Å². The lowest BCUT2D eigenvalue weighted by Crippen LogP contribution is -2.02. The van der Waals surface area contributed by atoms with Crippen molar-refractivity contribution >= 4 is 16.6 Å². The number of nitrogens with one attached hydrogen (secondary N) is 1. The average molecular weight is 203 g/mol. The molecule has 0 bridgehead atoms.